The summed E-state index contributed by atoms with van der Waals surface area (Å²) in [6.07, 6.45) is 2.83. The van der Waals surface area contributed by atoms with E-state index < -0.39 is 18.9 Å². The minimum Gasteiger partial charge on any atom is -0.357 e. The van der Waals surface area contributed by atoms with Crippen molar-refractivity contribution in [1.82, 2.24) is 20.1 Å². The smallest absolute Gasteiger partial charge is 0.319 e. The molecule has 6 nitrogen and oxygen atoms in total. The highest BCUT2D eigenvalue weighted by atomic mass is 19.3. The number of rotatable bonds is 6. The van der Waals surface area contributed by atoms with Crippen molar-refractivity contribution in [3.8, 4) is 0 Å². The number of hydrogen-bond donors (Lipinski definition) is 1. The molecule has 30 heavy (non-hydrogen) atoms. The van der Waals surface area contributed by atoms with Gasteiger partial charge in [-0.2, -0.15) is 8.78 Å². The lowest BCUT2D eigenvalue weighted by Gasteiger charge is -2.36. The number of carbonyl (C=O) groups is 1. The molecule has 2 aliphatic heterocycles. The van der Waals surface area contributed by atoms with Crippen LogP contribution in [-0.2, 0) is 6.54 Å². The highest BCUT2D eigenvalue weighted by Gasteiger charge is 2.42. The average molecular weight is 431 g/mol. The summed E-state index contributed by atoms with van der Waals surface area (Å²) in [5.74, 6) is -3.12. The van der Waals surface area contributed by atoms with E-state index in [1.807, 2.05) is 12.1 Å². The van der Waals surface area contributed by atoms with Crippen LogP contribution in [0.4, 0.5) is 28.2 Å². The third-order valence-electron chi connectivity index (χ3n) is 5.60. The van der Waals surface area contributed by atoms with Gasteiger partial charge < -0.3 is 15.1 Å². The van der Waals surface area contributed by atoms with Crippen molar-refractivity contribution in [1.29, 1.82) is 0 Å². The van der Waals surface area contributed by atoms with Crippen molar-refractivity contribution < 1.29 is 22.4 Å². The SMILES string of the molecule is O=C(NCc1ccnc(N2CCCCCC2)c1)N1CCN(CC(F)(F)C(F)F)CC1. The van der Waals surface area contributed by atoms with E-state index in [4.69, 9.17) is 0 Å². The Morgan fingerprint density at radius 3 is 2.37 bits per heavy atom. The Morgan fingerprint density at radius 2 is 1.73 bits per heavy atom. The number of nitrogens with zero attached hydrogens (tertiary/aromatic N) is 4. The maximum Gasteiger partial charge on any atom is 0.319 e. The average Bonchev–Trinajstić information content (AvgIpc) is 3.02. The maximum absolute atomic E-state index is 13.2. The van der Waals surface area contributed by atoms with Gasteiger partial charge in [0.05, 0.1) is 6.54 Å². The summed E-state index contributed by atoms with van der Waals surface area (Å²) in [6, 6.07) is 3.55. The number of urea groups is 1. The molecule has 3 rings (SSSR count). The lowest BCUT2D eigenvalue weighted by molar-refractivity contribution is -0.144. The van der Waals surface area contributed by atoms with Crippen LogP contribution < -0.4 is 10.2 Å². The Kier molecular flexibility index (Phi) is 7.74. The number of carbonyl (C=O) groups excluding carboxylic acids is 1. The monoisotopic (exact) mass is 431 g/mol. The highest BCUT2D eigenvalue weighted by Crippen LogP contribution is 2.24. The fourth-order valence-corrected chi connectivity index (χ4v) is 3.81. The molecule has 3 heterocycles. The van der Waals surface area contributed by atoms with E-state index in [1.54, 1.807) is 6.20 Å². The first-order valence-corrected chi connectivity index (χ1v) is 10.5. The maximum atomic E-state index is 13.2. The summed E-state index contributed by atoms with van der Waals surface area (Å²) in [5, 5.41) is 2.85. The fraction of sp³-hybridized carbons (Fsp3) is 0.700. The number of amides is 2. The molecule has 2 aliphatic rings. The van der Waals surface area contributed by atoms with Gasteiger partial charge in [0, 0.05) is 52.0 Å². The quantitative estimate of drug-likeness (QED) is 0.703. The fourth-order valence-electron chi connectivity index (χ4n) is 3.81. The molecular weight excluding hydrogens is 402 g/mol. The molecule has 10 heteroatoms. The summed E-state index contributed by atoms with van der Waals surface area (Å²) in [5.41, 5.74) is 0.938. The van der Waals surface area contributed by atoms with E-state index in [0.29, 0.717) is 6.54 Å². The van der Waals surface area contributed by atoms with Crippen molar-refractivity contribution >= 4 is 11.8 Å². The second kappa shape index (κ2) is 10.3. The predicted molar refractivity (Wildman–Crippen MR) is 106 cm³/mol. The van der Waals surface area contributed by atoms with Gasteiger partial charge in [0.15, 0.2) is 0 Å². The third kappa shape index (κ3) is 6.20. The molecule has 0 bridgehead atoms. The van der Waals surface area contributed by atoms with Crippen LogP contribution >= 0.6 is 0 Å². The Labute approximate surface area is 174 Å². The van der Waals surface area contributed by atoms with E-state index in [0.717, 1.165) is 37.3 Å². The van der Waals surface area contributed by atoms with E-state index in [2.05, 4.69) is 15.2 Å². The van der Waals surface area contributed by atoms with Gasteiger partial charge in [-0.15, -0.1) is 0 Å². The zero-order valence-electron chi connectivity index (χ0n) is 17.0. The first-order valence-electron chi connectivity index (χ1n) is 10.5. The van der Waals surface area contributed by atoms with Gasteiger partial charge in [-0.05, 0) is 30.5 Å². The van der Waals surface area contributed by atoms with Crippen LogP contribution in [0.1, 0.15) is 31.2 Å². The molecule has 168 valence electrons. The molecule has 2 saturated heterocycles. The largest absolute Gasteiger partial charge is 0.357 e. The van der Waals surface area contributed by atoms with E-state index >= 15 is 0 Å². The molecule has 1 aromatic rings. The second-order valence-electron chi connectivity index (χ2n) is 7.91. The number of halogens is 4. The van der Waals surface area contributed by atoms with Crippen LogP contribution in [0.25, 0.3) is 0 Å². The van der Waals surface area contributed by atoms with Gasteiger partial charge in [0.1, 0.15) is 5.82 Å². The molecule has 2 amide bonds. The third-order valence-corrected chi connectivity index (χ3v) is 5.60. The van der Waals surface area contributed by atoms with Gasteiger partial charge in [0.2, 0.25) is 0 Å². The van der Waals surface area contributed by atoms with Gasteiger partial charge in [-0.1, -0.05) is 12.8 Å². The predicted octanol–water partition coefficient (Wildman–Crippen LogP) is 3.19. The van der Waals surface area contributed by atoms with E-state index in [-0.39, 0.29) is 32.2 Å². The Bertz CT molecular complexity index is 690. The van der Waals surface area contributed by atoms with Crippen molar-refractivity contribution in [3.63, 3.8) is 0 Å². The lowest BCUT2D eigenvalue weighted by atomic mass is 10.2. The van der Waals surface area contributed by atoms with E-state index in [9.17, 15) is 22.4 Å². The van der Waals surface area contributed by atoms with Crippen LogP contribution in [0, 0.1) is 0 Å². The zero-order valence-corrected chi connectivity index (χ0v) is 17.0. The minimum absolute atomic E-state index is 0.143. The molecule has 0 aliphatic carbocycles. The highest BCUT2D eigenvalue weighted by molar-refractivity contribution is 5.74. The first-order chi connectivity index (χ1) is 14.3. The number of anilines is 1. The minimum atomic E-state index is -4.03. The summed E-state index contributed by atoms with van der Waals surface area (Å²) >= 11 is 0. The molecule has 1 aromatic heterocycles. The number of aromatic nitrogens is 1. The summed E-state index contributed by atoms with van der Waals surface area (Å²) in [4.78, 5) is 21.9. The molecule has 0 saturated carbocycles. The molecule has 0 spiro atoms. The number of pyridine rings is 1. The molecule has 2 fully saturated rings. The number of piperazine rings is 1. The number of hydrogen-bond acceptors (Lipinski definition) is 4. The molecule has 0 aromatic carbocycles. The van der Waals surface area contributed by atoms with E-state index in [1.165, 1.54) is 22.6 Å². The van der Waals surface area contributed by atoms with Crippen LogP contribution in [-0.4, -0.2) is 79.0 Å². The van der Waals surface area contributed by atoms with Crippen LogP contribution in [0.15, 0.2) is 18.3 Å². The van der Waals surface area contributed by atoms with Gasteiger partial charge >= 0.3 is 18.4 Å². The lowest BCUT2D eigenvalue weighted by Crippen LogP contribution is -2.54. The summed E-state index contributed by atoms with van der Waals surface area (Å²) in [6.45, 7) is 2.05. The van der Waals surface area contributed by atoms with Gasteiger partial charge in [0.25, 0.3) is 0 Å². The molecule has 1 N–H and O–H groups in total. The second-order valence-corrected chi connectivity index (χ2v) is 7.91. The van der Waals surface area contributed by atoms with Crippen LogP contribution in [0.5, 0.6) is 0 Å². The summed E-state index contributed by atoms with van der Waals surface area (Å²) in [7, 11) is 0. The van der Waals surface area contributed by atoms with Gasteiger partial charge in [-0.25, -0.2) is 18.6 Å². The van der Waals surface area contributed by atoms with Crippen molar-refractivity contribution in [2.45, 2.75) is 44.6 Å². The molecule has 0 radical (unpaired) electrons. The molecule has 0 unspecified atom stereocenters. The first kappa shape index (κ1) is 22.6. The van der Waals surface area contributed by atoms with Crippen molar-refractivity contribution in [3.05, 3.63) is 23.9 Å². The molecular formula is C20H29F4N5O. The zero-order chi connectivity index (χ0) is 21.6. The standard InChI is InChI=1S/C20H29F4N5O/c21-18(22)20(23,24)15-27-9-11-29(12-10-27)19(30)26-14-16-5-6-25-17(13-16)28-7-3-1-2-4-8-28/h5-6,13,18H,1-4,7-12,14-15H2,(H,26,30). The number of alkyl halides is 4. The van der Waals surface area contributed by atoms with Crippen LogP contribution in [0.2, 0.25) is 0 Å². The number of nitrogens with one attached hydrogen (secondary N) is 1. The Hall–Kier alpha value is -2.10. The van der Waals surface area contributed by atoms with Gasteiger partial charge in [-0.3, -0.25) is 4.90 Å². The summed E-state index contributed by atoms with van der Waals surface area (Å²) < 4.78 is 51.1. The Balaban J connectivity index is 1.45. The molecule has 0 atom stereocenters. The van der Waals surface area contributed by atoms with Crippen molar-refractivity contribution in [2.75, 3.05) is 50.7 Å². The normalized spacial score (nSPS) is 19.1. The Morgan fingerprint density at radius 1 is 1.07 bits per heavy atom. The van der Waals surface area contributed by atoms with Crippen molar-refractivity contribution in [2.24, 2.45) is 0 Å². The van der Waals surface area contributed by atoms with Crippen LogP contribution in [0.3, 0.4) is 0 Å². The topological polar surface area (TPSA) is 51.7 Å².